The summed E-state index contributed by atoms with van der Waals surface area (Å²) >= 11 is 0. The lowest BCUT2D eigenvalue weighted by Gasteiger charge is -2.21. The molecule has 0 bridgehead atoms. The van der Waals surface area contributed by atoms with Crippen molar-refractivity contribution in [2.24, 2.45) is 11.3 Å². The highest BCUT2D eigenvalue weighted by Gasteiger charge is 2.15. The normalized spacial score (nSPS) is 15.0. The first-order chi connectivity index (χ1) is 10.7. The minimum atomic E-state index is 0.523. The van der Waals surface area contributed by atoms with E-state index >= 15 is 0 Å². The van der Waals surface area contributed by atoms with Gasteiger partial charge in [0.1, 0.15) is 0 Å². The van der Waals surface area contributed by atoms with Crippen LogP contribution in [0.4, 0.5) is 0 Å². The molecule has 1 aromatic carbocycles. The molecule has 1 aromatic rings. The first-order valence-corrected chi connectivity index (χ1v) is 9.46. The van der Waals surface area contributed by atoms with Crippen LogP contribution in [0.5, 0.6) is 0 Å². The maximum Gasteiger partial charge on any atom is -0.0213 e. The van der Waals surface area contributed by atoms with E-state index in [0.29, 0.717) is 11.3 Å². The minimum absolute atomic E-state index is 0.523. The molecule has 0 heterocycles. The highest BCUT2D eigenvalue weighted by atomic mass is 14.2. The summed E-state index contributed by atoms with van der Waals surface area (Å²) in [5, 5.41) is 0. The van der Waals surface area contributed by atoms with Gasteiger partial charge in [-0.2, -0.15) is 0 Å². The van der Waals surface area contributed by atoms with E-state index in [2.05, 4.69) is 67.2 Å². The molecular weight excluding hydrogens is 276 g/mol. The fourth-order valence-electron chi connectivity index (χ4n) is 3.53. The van der Waals surface area contributed by atoms with Crippen molar-refractivity contribution in [3.8, 4) is 0 Å². The molecule has 0 amide bonds. The second-order valence-corrected chi connectivity index (χ2v) is 8.74. The molecule has 0 fully saturated rings. The second-order valence-electron chi connectivity index (χ2n) is 8.74. The summed E-state index contributed by atoms with van der Waals surface area (Å²) in [4.78, 5) is 0. The average Bonchev–Trinajstić information content (AvgIpc) is 2.91. The van der Waals surface area contributed by atoms with Crippen LogP contribution in [0.25, 0.3) is 6.08 Å². The highest BCUT2D eigenvalue weighted by molar-refractivity contribution is 5.56. The summed E-state index contributed by atoms with van der Waals surface area (Å²) in [7, 11) is 0. The molecule has 0 saturated carbocycles. The van der Waals surface area contributed by atoms with Crippen molar-refractivity contribution in [2.75, 3.05) is 0 Å². The molecular formula is C23H38. The summed E-state index contributed by atoms with van der Waals surface area (Å²) in [6, 6.07) is 4.73. The van der Waals surface area contributed by atoms with E-state index in [1.54, 1.807) is 11.1 Å². The van der Waals surface area contributed by atoms with Crippen LogP contribution >= 0.6 is 0 Å². The first-order valence-electron chi connectivity index (χ1n) is 9.46. The zero-order valence-corrected chi connectivity index (χ0v) is 16.6. The number of aryl methyl sites for hydroxylation is 2. The highest BCUT2D eigenvalue weighted by Crippen LogP contribution is 2.30. The average molecular weight is 315 g/mol. The molecule has 1 unspecified atom stereocenters. The Kier molecular flexibility index (Phi) is 7.58. The lowest BCUT2D eigenvalue weighted by Crippen LogP contribution is -2.09. The molecule has 130 valence electrons. The van der Waals surface area contributed by atoms with Crippen LogP contribution in [0.15, 0.2) is 18.7 Å². The fraction of sp³-hybridized carbons (Fsp3) is 0.652. The molecule has 23 heavy (non-hydrogen) atoms. The van der Waals surface area contributed by atoms with E-state index in [4.69, 9.17) is 0 Å². The Labute approximate surface area is 145 Å². The fourth-order valence-corrected chi connectivity index (χ4v) is 3.53. The Morgan fingerprint density at radius 1 is 1.09 bits per heavy atom. The van der Waals surface area contributed by atoms with Gasteiger partial charge in [-0.3, -0.25) is 0 Å². The van der Waals surface area contributed by atoms with Crippen LogP contribution in [0.1, 0.15) is 95.9 Å². The van der Waals surface area contributed by atoms with Crippen molar-refractivity contribution >= 4 is 6.08 Å². The Hall–Kier alpha value is -1.04. The number of hydrogen-bond donors (Lipinski definition) is 0. The first kappa shape index (κ1) is 20.0. The standard InChI is InChI=1S/C14H18.C9H20/c1-4-11-8-12-6-5-7-13(12)9-14(11)10(2)3;1-6-8(2)7-9(3,4)5/h4,8-10H,1,5-7H2,2-3H3;8H,6-7H2,1-5H3. The number of fused-ring (bicyclic) bond motifs is 1. The van der Waals surface area contributed by atoms with E-state index < -0.39 is 0 Å². The molecule has 0 aromatic heterocycles. The molecule has 0 N–H and O–H groups in total. The number of hydrogen-bond acceptors (Lipinski definition) is 0. The Balaban J connectivity index is 0.000000257. The Morgan fingerprint density at radius 3 is 2.04 bits per heavy atom. The molecule has 0 radical (unpaired) electrons. The van der Waals surface area contributed by atoms with Gasteiger partial charge in [-0.05, 0) is 65.2 Å². The molecule has 0 nitrogen and oxygen atoms in total. The third kappa shape index (κ3) is 6.53. The molecule has 0 aliphatic heterocycles. The maximum absolute atomic E-state index is 3.90. The van der Waals surface area contributed by atoms with E-state index in [1.165, 1.54) is 43.2 Å². The van der Waals surface area contributed by atoms with Gasteiger partial charge in [0.2, 0.25) is 0 Å². The van der Waals surface area contributed by atoms with Crippen LogP contribution in [-0.4, -0.2) is 0 Å². The van der Waals surface area contributed by atoms with Gasteiger partial charge >= 0.3 is 0 Å². The SMILES string of the molecule is C=Cc1cc2c(cc1C(C)C)CCC2.CCC(C)CC(C)(C)C. The van der Waals surface area contributed by atoms with Gasteiger partial charge in [0.05, 0.1) is 0 Å². The van der Waals surface area contributed by atoms with Gasteiger partial charge in [-0.1, -0.05) is 79.7 Å². The lowest BCUT2D eigenvalue weighted by atomic mass is 9.84. The second kappa shape index (κ2) is 8.71. The predicted octanol–water partition coefficient (Wildman–Crippen LogP) is 7.41. The van der Waals surface area contributed by atoms with Gasteiger partial charge in [0, 0.05) is 0 Å². The Morgan fingerprint density at radius 2 is 1.65 bits per heavy atom. The summed E-state index contributed by atoms with van der Waals surface area (Å²) in [5.74, 6) is 1.50. The van der Waals surface area contributed by atoms with Crippen LogP contribution in [0.2, 0.25) is 0 Å². The third-order valence-corrected chi connectivity index (χ3v) is 4.80. The van der Waals surface area contributed by atoms with E-state index in [-0.39, 0.29) is 0 Å². The Bertz CT molecular complexity index is 500. The van der Waals surface area contributed by atoms with Crippen molar-refractivity contribution in [1.29, 1.82) is 0 Å². The summed E-state index contributed by atoms with van der Waals surface area (Å²) in [5.41, 5.74) is 6.43. The van der Waals surface area contributed by atoms with Crippen LogP contribution in [0.3, 0.4) is 0 Å². The summed E-state index contributed by atoms with van der Waals surface area (Å²) in [6.07, 6.45) is 8.52. The predicted molar refractivity (Wildman–Crippen MR) is 106 cm³/mol. The largest absolute Gasteiger partial charge is 0.0985 e. The van der Waals surface area contributed by atoms with Gasteiger partial charge in [0.15, 0.2) is 0 Å². The zero-order chi connectivity index (χ0) is 17.6. The van der Waals surface area contributed by atoms with Gasteiger partial charge in [-0.25, -0.2) is 0 Å². The zero-order valence-electron chi connectivity index (χ0n) is 16.6. The van der Waals surface area contributed by atoms with Crippen molar-refractivity contribution in [2.45, 2.75) is 86.5 Å². The number of rotatable bonds is 4. The van der Waals surface area contributed by atoms with Gasteiger partial charge < -0.3 is 0 Å². The maximum atomic E-state index is 3.90. The van der Waals surface area contributed by atoms with Crippen LogP contribution in [-0.2, 0) is 12.8 Å². The smallest absolute Gasteiger partial charge is 0.0213 e. The lowest BCUT2D eigenvalue weighted by molar-refractivity contribution is 0.302. The molecule has 2 rings (SSSR count). The van der Waals surface area contributed by atoms with E-state index in [1.807, 2.05) is 6.08 Å². The van der Waals surface area contributed by atoms with Crippen molar-refractivity contribution in [1.82, 2.24) is 0 Å². The van der Waals surface area contributed by atoms with E-state index in [9.17, 15) is 0 Å². The topological polar surface area (TPSA) is 0 Å². The molecule has 0 saturated heterocycles. The molecule has 1 aliphatic carbocycles. The van der Waals surface area contributed by atoms with Gasteiger partial charge in [0.25, 0.3) is 0 Å². The number of benzene rings is 1. The van der Waals surface area contributed by atoms with E-state index in [0.717, 1.165) is 5.92 Å². The van der Waals surface area contributed by atoms with Crippen molar-refractivity contribution in [3.63, 3.8) is 0 Å². The van der Waals surface area contributed by atoms with Crippen LogP contribution in [0, 0.1) is 11.3 Å². The summed E-state index contributed by atoms with van der Waals surface area (Å²) in [6.45, 7) is 19.9. The molecule has 1 atom stereocenters. The van der Waals surface area contributed by atoms with Crippen molar-refractivity contribution < 1.29 is 0 Å². The van der Waals surface area contributed by atoms with Gasteiger partial charge in [-0.15, -0.1) is 0 Å². The monoisotopic (exact) mass is 314 g/mol. The quantitative estimate of drug-likeness (QED) is 0.542. The minimum Gasteiger partial charge on any atom is -0.0985 e. The van der Waals surface area contributed by atoms with Crippen LogP contribution < -0.4 is 0 Å². The summed E-state index contributed by atoms with van der Waals surface area (Å²) < 4.78 is 0. The van der Waals surface area contributed by atoms with Crippen molar-refractivity contribution in [3.05, 3.63) is 41.0 Å². The molecule has 0 heteroatoms. The molecule has 0 spiro atoms. The molecule has 1 aliphatic rings. The third-order valence-electron chi connectivity index (χ3n) is 4.80.